The van der Waals surface area contributed by atoms with Gasteiger partial charge in [0.15, 0.2) is 0 Å². The summed E-state index contributed by atoms with van der Waals surface area (Å²) in [5.41, 5.74) is 3.36. The zero-order chi connectivity index (χ0) is 15.8. The molecule has 0 amide bonds. The van der Waals surface area contributed by atoms with Crippen LogP contribution in [0.4, 0.5) is 5.69 Å². The van der Waals surface area contributed by atoms with Crippen LogP contribution in [0.5, 0.6) is 0 Å². The van der Waals surface area contributed by atoms with Crippen LogP contribution in [0.25, 0.3) is 0 Å². The van der Waals surface area contributed by atoms with Crippen LogP contribution in [-0.4, -0.2) is 11.5 Å². The number of hydrogen-bond donors (Lipinski definition) is 1. The molecule has 4 heteroatoms. The molecule has 0 saturated carbocycles. The van der Waals surface area contributed by atoms with Crippen molar-refractivity contribution in [2.24, 2.45) is 0 Å². The van der Waals surface area contributed by atoms with E-state index in [1.165, 1.54) is 5.56 Å². The molecule has 0 unspecified atom stereocenters. The molecule has 0 aliphatic carbocycles. The van der Waals surface area contributed by atoms with Gasteiger partial charge in [-0.1, -0.05) is 42.0 Å². The molecule has 0 fully saturated rings. The topological polar surface area (TPSA) is 55.2 Å². The average Bonchev–Trinajstić information content (AvgIpc) is 2.51. The molecule has 0 bridgehead atoms. The van der Waals surface area contributed by atoms with Crippen molar-refractivity contribution in [1.82, 2.24) is 5.32 Å². The van der Waals surface area contributed by atoms with Crippen molar-refractivity contribution in [2.75, 3.05) is 6.54 Å². The Balaban J connectivity index is 1.73. The van der Waals surface area contributed by atoms with Crippen LogP contribution >= 0.6 is 0 Å². The lowest BCUT2D eigenvalue weighted by Crippen LogP contribution is -2.16. The highest BCUT2D eigenvalue weighted by Crippen LogP contribution is 2.19. The number of nitro groups is 1. The number of benzene rings is 2. The monoisotopic (exact) mass is 298 g/mol. The summed E-state index contributed by atoms with van der Waals surface area (Å²) in [6.45, 7) is 3.37. The number of nitro benzene ring substituents is 1. The van der Waals surface area contributed by atoms with Gasteiger partial charge in [0.1, 0.15) is 0 Å². The fourth-order valence-electron chi connectivity index (χ4n) is 2.48. The molecule has 4 nitrogen and oxygen atoms in total. The normalized spacial score (nSPS) is 10.6. The Morgan fingerprint density at radius 1 is 1.09 bits per heavy atom. The second-order valence-corrected chi connectivity index (χ2v) is 5.51. The largest absolute Gasteiger partial charge is 0.312 e. The first-order valence-corrected chi connectivity index (χ1v) is 7.65. The van der Waals surface area contributed by atoms with Gasteiger partial charge in [-0.2, -0.15) is 0 Å². The molecule has 2 aromatic rings. The van der Waals surface area contributed by atoms with Gasteiger partial charge in [0.25, 0.3) is 5.69 Å². The summed E-state index contributed by atoms with van der Waals surface area (Å²) in [7, 11) is 0. The molecular formula is C18H22N2O2. The maximum atomic E-state index is 11.0. The van der Waals surface area contributed by atoms with E-state index < -0.39 is 0 Å². The molecular weight excluding hydrogens is 276 g/mol. The summed E-state index contributed by atoms with van der Waals surface area (Å²) in [5.74, 6) is 0. The van der Waals surface area contributed by atoms with Crippen LogP contribution < -0.4 is 5.32 Å². The Morgan fingerprint density at radius 2 is 1.86 bits per heavy atom. The fourth-order valence-corrected chi connectivity index (χ4v) is 2.48. The minimum Gasteiger partial charge on any atom is -0.312 e. The molecule has 0 radical (unpaired) electrons. The molecule has 0 saturated heterocycles. The van der Waals surface area contributed by atoms with E-state index in [-0.39, 0.29) is 10.6 Å². The van der Waals surface area contributed by atoms with Gasteiger partial charge in [-0.05, 0) is 44.4 Å². The van der Waals surface area contributed by atoms with E-state index in [0.717, 1.165) is 36.9 Å². The summed E-state index contributed by atoms with van der Waals surface area (Å²) in [5, 5.41) is 14.3. The van der Waals surface area contributed by atoms with Crippen molar-refractivity contribution in [3.8, 4) is 0 Å². The molecule has 0 atom stereocenters. The molecule has 0 aliphatic heterocycles. The second kappa shape index (κ2) is 8.29. The minimum absolute atomic E-state index is 0.197. The van der Waals surface area contributed by atoms with E-state index in [1.807, 2.05) is 19.1 Å². The maximum Gasteiger partial charge on any atom is 0.273 e. The summed E-state index contributed by atoms with van der Waals surface area (Å²) >= 11 is 0. The Kier molecular flexibility index (Phi) is 6.10. The lowest BCUT2D eigenvalue weighted by Gasteiger charge is -2.07. The van der Waals surface area contributed by atoms with E-state index in [2.05, 4.69) is 29.6 Å². The first-order valence-electron chi connectivity index (χ1n) is 7.65. The standard InChI is InChI=1S/C18H22N2O2/c1-15-10-11-18(20(21)22)17(13-15)14-19-12-6-5-9-16-7-3-2-4-8-16/h2-4,7-8,10-11,13,19H,5-6,9,12,14H2,1H3. The molecule has 0 aromatic heterocycles. The summed E-state index contributed by atoms with van der Waals surface area (Å²) in [6, 6.07) is 15.7. The summed E-state index contributed by atoms with van der Waals surface area (Å²) in [4.78, 5) is 10.7. The summed E-state index contributed by atoms with van der Waals surface area (Å²) < 4.78 is 0. The van der Waals surface area contributed by atoms with Crippen LogP contribution in [0.3, 0.4) is 0 Å². The van der Waals surface area contributed by atoms with Crippen LogP contribution in [0.1, 0.15) is 29.5 Å². The fraction of sp³-hybridized carbons (Fsp3) is 0.333. The van der Waals surface area contributed by atoms with E-state index in [1.54, 1.807) is 12.1 Å². The first-order chi connectivity index (χ1) is 10.7. The number of nitrogens with zero attached hydrogens (tertiary/aromatic N) is 1. The summed E-state index contributed by atoms with van der Waals surface area (Å²) in [6.07, 6.45) is 3.26. The molecule has 2 aromatic carbocycles. The molecule has 0 heterocycles. The second-order valence-electron chi connectivity index (χ2n) is 5.51. The molecule has 0 aliphatic rings. The van der Waals surface area contributed by atoms with Gasteiger partial charge in [0, 0.05) is 18.2 Å². The maximum absolute atomic E-state index is 11.0. The van der Waals surface area contributed by atoms with Gasteiger partial charge in [-0.15, -0.1) is 0 Å². The van der Waals surface area contributed by atoms with E-state index in [4.69, 9.17) is 0 Å². The lowest BCUT2D eigenvalue weighted by molar-refractivity contribution is -0.385. The zero-order valence-corrected chi connectivity index (χ0v) is 12.9. The zero-order valence-electron chi connectivity index (χ0n) is 12.9. The Bertz CT molecular complexity index is 612. The van der Waals surface area contributed by atoms with Crippen LogP contribution in [0, 0.1) is 17.0 Å². The van der Waals surface area contributed by atoms with Gasteiger partial charge in [-0.3, -0.25) is 10.1 Å². The number of aryl methyl sites for hydroxylation is 2. The first kappa shape index (κ1) is 16.2. The van der Waals surface area contributed by atoms with Gasteiger partial charge < -0.3 is 5.32 Å². The number of rotatable bonds is 8. The highest BCUT2D eigenvalue weighted by atomic mass is 16.6. The van der Waals surface area contributed by atoms with Crippen molar-refractivity contribution in [2.45, 2.75) is 32.7 Å². The molecule has 116 valence electrons. The molecule has 2 rings (SSSR count). The van der Waals surface area contributed by atoms with Crippen molar-refractivity contribution >= 4 is 5.69 Å². The van der Waals surface area contributed by atoms with Crippen LogP contribution in [0.2, 0.25) is 0 Å². The number of unbranched alkanes of at least 4 members (excludes halogenated alkanes) is 1. The number of hydrogen-bond acceptors (Lipinski definition) is 3. The Morgan fingerprint density at radius 3 is 2.59 bits per heavy atom. The van der Waals surface area contributed by atoms with Crippen molar-refractivity contribution < 1.29 is 4.92 Å². The molecule has 22 heavy (non-hydrogen) atoms. The average molecular weight is 298 g/mol. The van der Waals surface area contributed by atoms with Crippen LogP contribution in [-0.2, 0) is 13.0 Å². The van der Waals surface area contributed by atoms with Gasteiger partial charge in [0.05, 0.1) is 4.92 Å². The van der Waals surface area contributed by atoms with Gasteiger partial charge >= 0.3 is 0 Å². The van der Waals surface area contributed by atoms with Crippen molar-refractivity contribution in [3.63, 3.8) is 0 Å². The van der Waals surface area contributed by atoms with E-state index >= 15 is 0 Å². The molecule has 0 spiro atoms. The SMILES string of the molecule is Cc1ccc([N+](=O)[O-])c(CNCCCCc2ccccc2)c1. The lowest BCUT2D eigenvalue weighted by atomic mass is 10.1. The Labute approximate surface area is 131 Å². The number of nitrogens with one attached hydrogen (secondary N) is 1. The van der Waals surface area contributed by atoms with Gasteiger partial charge in [-0.25, -0.2) is 0 Å². The van der Waals surface area contributed by atoms with Crippen LogP contribution in [0.15, 0.2) is 48.5 Å². The molecule has 1 N–H and O–H groups in total. The van der Waals surface area contributed by atoms with E-state index in [9.17, 15) is 10.1 Å². The third kappa shape index (κ3) is 4.97. The third-order valence-electron chi connectivity index (χ3n) is 3.66. The third-order valence-corrected chi connectivity index (χ3v) is 3.66. The van der Waals surface area contributed by atoms with Crippen molar-refractivity contribution in [1.29, 1.82) is 0 Å². The van der Waals surface area contributed by atoms with Gasteiger partial charge in [0.2, 0.25) is 0 Å². The van der Waals surface area contributed by atoms with E-state index in [0.29, 0.717) is 6.54 Å². The smallest absolute Gasteiger partial charge is 0.273 e. The minimum atomic E-state index is -0.314. The highest BCUT2D eigenvalue weighted by Gasteiger charge is 2.12. The predicted octanol–water partition coefficient (Wildman–Crippen LogP) is 4.02. The highest BCUT2D eigenvalue weighted by molar-refractivity contribution is 5.42. The quantitative estimate of drug-likeness (QED) is 0.455. The Hall–Kier alpha value is -2.20. The van der Waals surface area contributed by atoms with Crippen molar-refractivity contribution in [3.05, 3.63) is 75.3 Å². The predicted molar refractivity (Wildman–Crippen MR) is 88.9 cm³/mol.